The molecule has 0 saturated carbocycles. The molecule has 0 bridgehead atoms. The molecule has 7 heteroatoms. The maximum atomic E-state index is 13.2. The van der Waals surface area contributed by atoms with Crippen molar-refractivity contribution in [2.24, 2.45) is 5.41 Å². The molecule has 1 N–H and O–H groups in total. The Labute approximate surface area is 109 Å². The Bertz CT molecular complexity index is 461. The van der Waals surface area contributed by atoms with Gasteiger partial charge in [0.2, 0.25) is 0 Å². The molecule has 1 fully saturated rings. The van der Waals surface area contributed by atoms with Crippen LogP contribution in [-0.2, 0) is 17.8 Å². The van der Waals surface area contributed by atoms with Crippen molar-refractivity contribution in [1.82, 2.24) is 14.9 Å². The number of rotatable bonds is 4. The van der Waals surface area contributed by atoms with Gasteiger partial charge < -0.3 is 9.88 Å². The standard InChI is InChI=1S/C12H16F3N3O/c1-2-18-6-5-17-10(18)7-9(19)11(12(13,14)15)3-4-16-8-11/h5-6,16H,2-4,7-8H2,1H3. The van der Waals surface area contributed by atoms with Crippen LogP contribution in [-0.4, -0.2) is 34.6 Å². The number of Topliss-reactive ketones (excluding diaryl/α,β-unsaturated/α-hetero) is 1. The van der Waals surface area contributed by atoms with E-state index < -0.39 is 17.4 Å². The lowest BCUT2D eigenvalue weighted by atomic mass is 9.80. The third kappa shape index (κ3) is 2.39. The highest BCUT2D eigenvalue weighted by Gasteiger charge is 2.60. The minimum absolute atomic E-state index is 0.192. The van der Waals surface area contributed by atoms with Crippen LogP contribution in [0.4, 0.5) is 13.2 Å². The van der Waals surface area contributed by atoms with Crippen LogP contribution < -0.4 is 5.32 Å². The van der Waals surface area contributed by atoms with Gasteiger partial charge in [-0.15, -0.1) is 0 Å². The largest absolute Gasteiger partial charge is 0.402 e. The number of ketones is 1. The third-order valence-corrected chi connectivity index (χ3v) is 3.69. The van der Waals surface area contributed by atoms with E-state index in [1.54, 1.807) is 10.8 Å². The number of aromatic nitrogens is 2. The highest BCUT2D eigenvalue weighted by molar-refractivity contribution is 5.87. The first-order valence-corrected chi connectivity index (χ1v) is 6.21. The van der Waals surface area contributed by atoms with Crippen molar-refractivity contribution >= 4 is 5.78 Å². The predicted molar refractivity (Wildman–Crippen MR) is 62.6 cm³/mol. The zero-order valence-electron chi connectivity index (χ0n) is 10.6. The summed E-state index contributed by atoms with van der Waals surface area (Å²) in [6.07, 6.45) is -1.82. The minimum atomic E-state index is -4.52. The average Bonchev–Trinajstić information content (AvgIpc) is 2.96. The van der Waals surface area contributed by atoms with E-state index in [0.29, 0.717) is 12.4 Å². The first kappa shape index (κ1) is 14.0. The molecular weight excluding hydrogens is 259 g/mol. The van der Waals surface area contributed by atoms with Gasteiger partial charge in [-0.05, 0) is 19.9 Å². The van der Waals surface area contributed by atoms with E-state index in [1.807, 2.05) is 6.92 Å². The van der Waals surface area contributed by atoms with Crippen molar-refractivity contribution in [3.8, 4) is 0 Å². The summed E-state index contributed by atoms with van der Waals surface area (Å²) in [5, 5.41) is 2.64. The Balaban J connectivity index is 2.22. The summed E-state index contributed by atoms with van der Waals surface area (Å²) < 4.78 is 41.3. The molecule has 2 rings (SSSR count). The number of alkyl halides is 3. The number of carbonyl (C=O) groups excluding carboxylic acids is 1. The molecule has 0 amide bonds. The van der Waals surface area contributed by atoms with Crippen molar-refractivity contribution in [2.45, 2.75) is 32.5 Å². The zero-order chi connectivity index (χ0) is 14.1. The lowest BCUT2D eigenvalue weighted by molar-refractivity contribution is -0.214. The Hall–Kier alpha value is -1.37. The van der Waals surface area contributed by atoms with E-state index in [0.717, 1.165) is 0 Å². The second-order valence-electron chi connectivity index (χ2n) is 4.74. The molecule has 0 aliphatic carbocycles. The van der Waals surface area contributed by atoms with E-state index in [2.05, 4.69) is 10.3 Å². The zero-order valence-corrected chi connectivity index (χ0v) is 10.6. The summed E-state index contributed by atoms with van der Waals surface area (Å²) in [6.45, 7) is 2.32. The number of hydrogen-bond donors (Lipinski definition) is 1. The van der Waals surface area contributed by atoms with Crippen LogP contribution in [0.2, 0.25) is 0 Å². The van der Waals surface area contributed by atoms with Crippen LogP contribution in [0.15, 0.2) is 12.4 Å². The SMILES string of the molecule is CCn1ccnc1CC(=O)C1(C(F)(F)F)CCNC1. The summed E-state index contributed by atoms with van der Waals surface area (Å²) in [7, 11) is 0. The van der Waals surface area contributed by atoms with E-state index in [-0.39, 0.29) is 25.9 Å². The molecule has 0 radical (unpaired) electrons. The smallest absolute Gasteiger partial charge is 0.335 e. The van der Waals surface area contributed by atoms with Crippen molar-refractivity contribution in [3.63, 3.8) is 0 Å². The molecule has 1 aliphatic heterocycles. The number of carbonyl (C=O) groups is 1. The molecule has 0 aromatic carbocycles. The van der Waals surface area contributed by atoms with Crippen LogP contribution in [0, 0.1) is 5.41 Å². The van der Waals surface area contributed by atoms with Gasteiger partial charge in [0.05, 0.1) is 6.42 Å². The summed E-state index contributed by atoms with van der Waals surface area (Å²) in [5.41, 5.74) is -2.25. The van der Waals surface area contributed by atoms with Gasteiger partial charge in [-0.25, -0.2) is 4.98 Å². The van der Waals surface area contributed by atoms with Crippen LogP contribution in [0.3, 0.4) is 0 Å². The lowest BCUT2D eigenvalue weighted by Crippen LogP contribution is -2.47. The van der Waals surface area contributed by atoms with Crippen molar-refractivity contribution < 1.29 is 18.0 Å². The second-order valence-corrected chi connectivity index (χ2v) is 4.74. The molecule has 2 heterocycles. The highest BCUT2D eigenvalue weighted by Crippen LogP contribution is 2.44. The van der Waals surface area contributed by atoms with Gasteiger partial charge in [0.1, 0.15) is 11.2 Å². The number of aryl methyl sites for hydroxylation is 1. The number of imidazole rings is 1. The fourth-order valence-electron chi connectivity index (χ4n) is 2.44. The predicted octanol–water partition coefficient (Wildman–Crippen LogP) is 1.56. The average molecular weight is 275 g/mol. The molecule has 1 saturated heterocycles. The Morgan fingerprint density at radius 2 is 2.32 bits per heavy atom. The number of nitrogens with one attached hydrogen (secondary N) is 1. The Morgan fingerprint density at radius 1 is 1.58 bits per heavy atom. The quantitative estimate of drug-likeness (QED) is 0.907. The molecule has 0 spiro atoms. The first-order valence-electron chi connectivity index (χ1n) is 6.21. The summed E-state index contributed by atoms with van der Waals surface area (Å²) in [5.74, 6) is -0.408. The van der Waals surface area contributed by atoms with E-state index >= 15 is 0 Å². The van der Waals surface area contributed by atoms with Gasteiger partial charge in [-0.1, -0.05) is 0 Å². The normalized spacial score (nSPS) is 23.8. The van der Waals surface area contributed by atoms with Crippen molar-refractivity contribution in [2.75, 3.05) is 13.1 Å². The number of hydrogen-bond acceptors (Lipinski definition) is 3. The third-order valence-electron chi connectivity index (χ3n) is 3.69. The maximum Gasteiger partial charge on any atom is 0.402 e. The summed E-state index contributed by atoms with van der Waals surface area (Å²) >= 11 is 0. The second kappa shape index (κ2) is 4.96. The van der Waals surface area contributed by atoms with Crippen LogP contribution in [0.5, 0.6) is 0 Å². The van der Waals surface area contributed by atoms with Gasteiger partial charge in [-0.3, -0.25) is 4.79 Å². The number of halogens is 3. The highest BCUT2D eigenvalue weighted by atomic mass is 19.4. The van der Waals surface area contributed by atoms with E-state index in [9.17, 15) is 18.0 Å². The van der Waals surface area contributed by atoms with Crippen LogP contribution in [0.1, 0.15) is 19.2 Å². The van der Waals surface area contributed by atoms with Gasteiger partial charge in [0.15, 0.2) is 5.78 Å². The van der Waals surface area contributed by atoms with Gasteiger partial charge >= 0.3 is 6.18 Å². The molecule has 19 heavy (non-hydrogen) atoms. The number of nitrogens with zero attached hydrogens (tertiary/aromatic N) is 2. The summed E-state index contributed by atoms with van der Waals surface area (Å²) in [4.78, 5) is 16.1. The molecule has 1 atom stereocenters. The Morgan fingerprint density at radius 3 is 2.84 bits per heavy atom. The van der Waals surface area contributed by atoms with E-state index in [1.165, 1.54) is 6.20 Å². The van der Waals surface area contributed by atoms with Gasteiger partial charge in [0.25, 0.3) is 0 Å². The molecule has 4 nitrogen and oxygen atoms in total. The molecule has 106 valence electrons. The minimum Gasteiger partial charge on any atom is -0.335 e. The van der Waals surface area contributed by atoms with Crippen LogP contribution in [0.25, 0.3) is 0 Å². The summed E-state index contributed by atoms with van der Waals surface area (Å²) in [6, 6.07) is 0. The topological polar surface area (TPSA) is 46.9 Å². The first-order chi connectivity index (χ1) is 8.90. The molecule has 1 aromatic rings. The monoisotopic (exact) mass is 275 g/mol. The van der Waals surface area contributed by atoms with E-state index in [4.69, 9.17) is 0 Å². The van der Waals surface area contributed by atoms with Gasteiger partial charge in [-0.2, -0.15) is 13.2 Å². The van der Waals surface area contributed by atoms with Crippen molar-refractivity contribution in [3.05, 3.63) is 18.2 Å². The fourth-order valence-corrected chi connectivity index (χ4v) is 2.44. The maximum absolute atomic E-state index is 13.2. The lowest BCUT2D eigenvalue weighted by Gasteiger charge is -2.29. The molecular formula is C12H16F3N3O. The molecule has 1 unspecified atom stereocenters. The molecule has 1 aromatic heterocycles. The van der Waals surface area contributed by atoms with Crippen LogP contribution >= 0.6 is 0 Å². The molecule has 1 aliphatic rings. The fraction of sp³-hybridized carbons (Fsp3) is 0.667. The van der Waals surface area contributed by atoms with Gasteiger partial charge in [0, 0.05) is 25.5 Å². The Kier molecular flexibility index (Phi) is 3.66. The van der Waals surface area contributed by atoms with Crippen molar-refractivity contribution in [1.29, 1.82) is 0 Å².